The van der Waals surface area contributed by atoms with Crippen molar-refractivity contribution in [3.63, 3.8) is 0 Å². The van der Waals surface area contributed by atoms with Crippen molar-refractivity contribution < 1.29 is 9.90 Å². The number of hydrogen-bond acceptors (Lipinski definition) is 1. The van der Waals surface area contributed by atoms with Gasteiger partial charge in [0.05, 0.1) is 0 Å². The fourth-order valence-corrected chi connectivity index (χ4v) is 0.735. The zero-order chi connectivity index (χ0) is 7.82. The summed E-state index contributed by atoms with van der Waals surface area (Å²) in [6.07, 6.45) is 2.62. The number of carboxylic acid groups (broad SMARTS) is 1. The minimum atomic E-state index is -0.730. The molecule has 1 N–H and O–H groups in total. The standard InChI is InChI=1S/C7H9BrO2/c8-6-4-2-1-3-5-7(9)10/h1-3,5H2,(H,9,10). The monoisotopic (exact) mass is 204 g/mol. The molecule has 10 heavy (non-hydrogen) atoms. The van der Waals surface area contributed by atoms with Crippen LogP contribution in [0, 0.1) is 10.8 Å². The molecular weight excluding hydrogens is 196 g/mol. The summed E-state index contributed by atoms with van der Waals surface area (Å²) in [5.74, 6) is 2.07. The number of carboxylic acids is 1. The third-order valence-corrected chi connectivity index (χ3v) is 1.29. The summed E-state index contributed by atoms with van der Waals surface area (Å²) >= 11 is 2.95. The third-order valence-electron chi connectivity index (χ3n) is 1.01. The van der Waals surface area contributed by atoms with E-state index in [-0.39, 0.29) is 6.42 Å². The van der Waals surface area contributed by atoms with Gasteiger partial charge >= 0.3 is 5.97 Å². The Hall–Kier alpha value is -0.490. The van der Waals surface area contributed by atoms with Gasteiger partial charge in [0, 0.05) is 28.8 Å². The minimum Gasteiger partial charge on any atom is -0.481 e. The predicted octanol–water partition coefficient (Wildman–Crippen LogP) is 1.99. The van der Waals surface area contributed by atoms with Gasteiger partial charge in [-0.15, -0.1) is 0 Å². The van der Waals surface area contributed by atoms with Crippen LogP contribution < -0.4 is 0 Å². The molecule has 3 heteroatoms. The van der Waals surface area contributed by atoms with Gasteiger partial charge in [0.2, 0.25) is 0 Å². The van der Waals surface area contributed by atoms with Gasteiger partial charge in [-0.2, -0.15) is 0 Å². The zero-order valence-electron chi connectivity index (χ0n) is 5.56. The molecular formula is C7H9BrO2. The van der Waals surface area contributed by atoms with Crippen LogP contribution in [0.15, 0.2) is 0 Å². The molecule has 0 aliphatic carbocycles. The summed E-state index contributed by atoms with van der Waals surface area (Å²) < 4.78 is 0. The molecule has 0 heterocycles. The van der Waals surface area contributed by atoms with Gasteiger partial charge in [0.15, 0.2) is 0 Å². The maximum atomic E-state index is 9.99. The van der Waals surface area contributed by atoms with Crippen LogP contribution in [0.3, 0.4) is 0 Å². The van der Waals surface area contributed by atoms with Crippen LogP contribution in [0.25, 0.3) is 0 Å². The lowest BCUT2D eigenvalue weighted by molar-refractivity contribution is -0.137. The van der Waals surface area contributed by atoms with E-state index in [1.165, 1.54) is 0 Å². The van der Waals surface area contributed by atoms with Crippen molar-refractivity contribution in [2.45, 2.75) is 25.7 Å². The molecule has 0 aromatic carbocycles. The number of hydrogen-bond donors (Lipinski definition) is 1. The van der Waals surface area contributed by atoms with Gasteiger partial charge < -0.3 is 5.11 Å². The molecule has 0 unspecified atom stereocenters. The summed E-state index contributed by atoms with van der Waals surface area (Å²) in [5.41, 5.74) is 0. The molecule has 0 atom stereocenters. The summed E-state index contributed by atoms with van der Waals surface area (Å²) in [7, 11) is 0. The van der Waals surface area contributed by atoms with Crippen molar-refractivity contribution in [1.29, 1.82) is 0 Å². The lowest BCUT2D eigenvalue weighted by Gasteiger charge is -1.89. The van der Waals surface area contributed by atoms with Gasteiger partial charge in [0.25, 0.3) is 0 Å². The Morgan fingerprint density at radius 2 is 2.20 bits per heavy atom. The van der Waals surface area contributed by atoms with E-state index in [4.69, 9.17) is 5.11 Å². The topological polar surface area (TPSA) is 37.3 Å². The van der Waals surface area contributed by atoms with Crippen LogP contribution in [0.5, 0.6) is 0 Å². The summed E-state index contributed by atoms with van der Waals surface area (Å²) in [4.78, 5) is 12.6. The number of carbonyl (C=O) groups is 1. The van der Waals surface area contributed by atoms with Crippen LogP contribution in [-0.2, 0) is 4.79 Å². The molecule has 0 aliphatic rings. The quantitative estimate of drug-likeness (QED) is 0.562. The first kappa shape index (κ1) is 9.51. The van der Waals surface area contributed by atoms with Crippen molar-refractivity contribution in [2.75, 3.05) is 0 Å². The molecule has 0 aliphatic heterocycles. The Balaban J connectivity index is 3.03. The van der Waals surface area contributed by atoms with Crippen molar-refractivity contribution in [3.8, 4) is 10.8 Å². The lowest BCUT2D eigenvalue weighted by Crippen LogP contribution is -1.92. The molecule has 0 aromatic heterocycles. The van der Waals surface area contributed by atoms with E-state index in [1.807, 2.05) is 0 Å². The first-order valence-corrected chi connectivity index (χ1v) is 3.87. The predicted molar refractivity (Wildman–Crippen MR) is 42.8 cm³/mol. The SMILES string of the molecule is O=C(O)CCCCC#CBr. The smallest absolute Gasteiger partial charge is 0.303 e. The lowest BCUT2D eigenvalue weighted by atomic mass is 10.2. The summed E-state index contributed by atoms with van der Waals surface area (Å²) in [5, 5.41) is 8.22. The molecule has 0 spiro atoms. The normalized spacial score (nSPS) is 8.10. The Morgan fingerprint density at radius 3 is 2.70 bits per heavy atom. The van der Waals surface area contributed by atoms with Gasteiger partial charge in [-0.3, -0.25) is 4.79 Å². The van der Waals surface area contributed by atoms with Gasteiger partial charge in [-0.25, -0.2) is 0 Å². The van der Waals surface area contributed by atoms with Crippen molar-refractivity contribution in [3.05, 3.63) is 0 Å². The Kier molecular flexibility index (Phi) is 6.30. The molecule has 0 radical (unpaired) electrons. The van der Waals surface area contributed by atoms with Crippen molar-refractivity contribution in [2.24, 2.45) is 0 Å². The number of rotatable bonds is 4. The third kappa shape index (κ3) is 7.51. The van der Waals surface area contributed by atoms with Gasteiger partial charge in [-0.05, 0) is 17.7 Å². The van der Waals surface area contributed by atoms with Crippen molar-refractivity contribution in [1.82, 2.24) is 0 Å². The minimum absolute atomic E-state index is 0.254. The largest absolute Gasteiger partial charge is 0.481 e. The first-order valence-electron chi connectivity index (χ1n) is 3.07. The fourth-order valence-electron chi connectivity index (χ4n) is 0.537. The Morgan fingerprint density at radius 1 is 1.50 bits per heavy atom. The number of unbranched alkanes of at least 4 members (excludes halogenated alkanes) is 2. The first-order chi connectivity index (χ1) is 4.77. The molecule has 0 bridgehead atoms. The highest BCUT2D eigenvalue weighted by Crippen LogP contribution is 1.98. The average Bonchev–Trinajstić information content (AvgIpc) is 1.87. The summed E-state index contributed by atoms with van der Waals surface area (Å²) in [6.45, 7) is 0. The second-order valence-electron chi connectivity index (χ2n) is 1.87. The zero-order valence-corrected chi connectivity index (χ0v) is 7.15. The van der Waals surface area contributed by atoms with E-state index in [2.05, 4.69) is 26.7 Å². The van der Waals surface area contributed by atoms with Crippen molar-refractivity contribution >= 4 is 21.9 Å². The second-order valence-corrected chi connectivity index (χ2v) is 2.27. The molecule has 2 nitrogen and oxygen atoms in total. The highest BCUT2D eigenvalue weighted by molar-refractivity contribution is 9.12. The number of halogens is 1. The molecule has 0 fully saturated rings. The molecule has 0 rings (SSSR count). The maximum Gasteiger partial charge on any atom is 0.303 e. The van der Waals surface area contributed by atoms with Gasteiger partial charge in [-0.1, -0.05) is 5.92 Å². The molecule has 56 valence electrons. The van der Waals surface area contributed by atoms with Crippen LogP contribution >= 0.6 is 15.9 Å². The Labute approximate surface area is 68.8 Å². The van der Waals surface area contributed by atoms with E-state index in [0.29, 0.717) is 0 Å². The average molecular weight is 205 g/mol. The molecule has 0 aromatic rings. The van der Waals surface area contributed by atoms with Crippen LogP contribution in [0.2, 0.25) is 0 Å². The summed E-state index contributed by atoms with van der Waals surface area (Å²) in [6, 6.07) is 0. The van der Waals surface area contributed by atoms with Gasteiger partial charge in [0.1, 0.15) is 0 Å². The van der Waals surface area contributed by atoms with Crippen LogP contribution in [0.4, 0.5) is 0 Å². The van der Waals surface area contributed by atoms with E-state index in [9.17, 15) is 4.79 Å². The number of aliphatic carboxylic acids is 1. The van der Waals surface area contributed by atoms with E-state index < -0.39 is 5.97 Å². The fraction of sp³-hybridized carbons (Fsp3) is 0.571. The van der Waals surface area contributed by atoms with Crippen LogP contribution in [0.1, 0.15) is 25.7 Å². The molecule has 0 saturated carbocycles. The molecule has 0 amide bonds. The van der Waals surface area contributed by atoms with E-state index in [0.717, 1.165) is 19.3 Å². The van der Waals surface area contributed by atoms with E-state index >= 15 is 0 Å². The molecule has 0 saturated heterocycles. The highest BCUT2D eigenvalue weighted by atomic mass is 79.9. The van der Waals surface area contributed by atoms with Crippen LogP contribution in [-0.4, -0.2) is 11.1 Å². The second kappa shape index (κ2) is 6.63. The highest BCUT2D eigenvalue weighted by Gasteiger charge is 1.93. The Bertz CT molecular complexity index is 155. The maximum absolute atomic E-state index is 9.99. The van der Waals surface area contributed by atoms with E-state index in [1.54, 1.807) is 0 Å².